The van der Waals surface area contributed by atoms with Crippen molar-refractivity contribution in [2.45, 2.75) is 65.2 Å². The number of hydrogen-bond donors (Lipinski definition) is 4. The summed E-state index contributed by atoms with van der Waals surface area (Å²) in [5, 5.41) is 0. The second-order valence-corrected chi connectivity index (χ2v) is 19.1. The Morgan fingerprint density at radius 1 is 0.263 bits per heavy atom. The SMILES string of the molecule is COCCN(CC(=O)N(CCCCN)CC(=O)N(CCOC)CC(=O)N(CCCCN)CC(=O)N(CCOC)CC(=O)N(CCOC)CC(=O)N(CCCCN)CC(=O)N(CCOC)CC(=O)N(CCCCN)CC(C)=O)C(C)=O. The van der Waals surface area contributed by atoms with Gasteiger partial charge in [-0.05, 0) is 84.5 Å². The van der Waals surface area contributed by atoms with Crippen molar-refractivity contribution < 1.29 is 71.6 Å². The van der Waals surface area contributed by atoms with Crippen LogP contribution in [0.3, 0.4) is 0 Å². The first-order valence-corrected chi connectivity index (χ1v) is 27.5. The van der Waals surface area contributed by atoms with Crippen LogP contribution in [-0.2, 0) is 71.6 Å². The Morgan fingerprint density at radius 3 is 0.613 bits per heavy atom. The molecule has 0 bridgehead atoms. The Labute approximate surface area is 474 Å². The molecule has 0 aliphatic carbocycles. The van der Waals surface area contributed by atoms with E-state index >= 15 is 0 Å². The Balaban J connectivity index is 6.80. The minimum absolute atomic E-state index is 0.00132. The number of hydrogen-bond acceptors (Lipinski definition) is 19. The molecule has 8 N–H and O–H groups in total. The number of amides is 9. The number of Topliss-reactive ketones (excluding diaryl/α,β-unsaturated/α-hetero) is 1. The van der Waals surface area contributed by atoms with Crippen LogP contribution in [0, 0.1) is 0 Å². The lowest BCUT2D eigenvalue weighted by atomic mass is 10.2. The van der Waals surface area contributed by atoms with Gasteiger partial charge in [0.05, 0.1) is 91.9 Å². The standard InChI is InChI=1S/C52H99N13O15/c1-43(66)34-58(20-12-8-16-53)46(69)39-62(25-30-77-4)50(73)37-60(22-14-10-18-55)48(71)41-64(27-32-79-6)52(75)42-65(28-33-80-7)51(74)38-61(23-15-11-19-56)47(70)40-63(26-31-78-5)49(72)36-59(21-13-9-17-54)45(68)35-57(44(2)67)24-29-76-3/h8-42,53-56H2,1-7H3. The van der Waals surface area contributed by atoms with Crippen LogP contribution in [0.15, 0.2) is 0 Å². The van der Waals surface area contributed by atoms with Gasteiger partial charge < -0.3 is 90.7 Å². The quantitative estimate of drug-likeness (QED) is 0.0425. The van der Waals surface area contributed by atoms with Crippen LogP contribution < -0.4 is 22.9 Å². The molecule has 462 valence electrons. The molecule has 80 heavy (non-hydrogen) atoms. The number of carbonyl (C=O) groups excluding carboxylic acids is 10. The number of unbranched alkanes of at least 4 members (excludes halogenated alkanes) is 4. The monoisotopic (exact) mass is 1150 g/mol. The molecule has 28 nitrogen and oxygen atoms in total. The Hall–Kier alpha value is -5.46. The molecule has 0 radical (unpaired) electrons. The van der Waals surface area contributed by atoms with E-state index in [-0.39, 0.29) is 123 Å². The summed E-state index contributed by atoms with van der Waals surface area (Å²) in [5.41, 5.74) is 23.0. The second-order valence-electron chi connectivity index (χ2n) is 19.1. The lowest BCUT2D eigenvalue weighted by molar-refractivity contribution is -0.149. The second kappa shape index (κ2) is 46.2. The number of ether oxygens (including phenoxy) is 5. The van der Waals surface area contributed by atoms with Crippen molar-refractivity contribution >= 4 is 58.9 Å². The lowest BCUT2D eigenvalue weighted by Crippen LogP contribution is -2.53. The number of rotatable bonds is 49. The summed E-state index contributed by atoms with van der Waals surface area (Å²) in [4.78, 5) is 149. The molecule has 0 aromatic heterocycles. The van der Waals surface area contributed by atoms with E-state index in [1.165, 1.54) is 93.5 Å². The summed E-state index contributed by atoms with van der Waals surface area (Å²) in [6, 6.07) is 0. The van der Waals surface area contributed by atoms with Gasteiger partial charge in [-0.15, -0.1) is 0 Å². The van der Waals surface area contributed by atoms with E-state index in [9.17, 15) is 47.9 Å². The summed E-state index contributed by atoms with van der Waals surface area (Å²) in [6.07, 6.45) is 4.02. The minimum Gasteiger partial charge on any atom is -0.383 e. The maximum Gasteiger partial charge on any atom is 0.242 e. The van der Waals surface area contributed by atoms with Crippen LogP contribution in [0.5, 0.6) is 0 Å². The third kappa shape index (κ3) is 32.7. The van der Waals surface area contributed by atoms with Gasteiger partial charge in [0.15, 0.2) is 0 Å². The molecule has 0 aliphatic heterocycles. The molecule has 0 unspecified atom stereocenters. The molecule has 0 aromatic rings. The van der Waals surface area contributed by atoms with Gasteiger partial charge in [0.2, 0.25) is 53.2 Å². The van der Waals surface area contributed by atoms with Crippen molar-refractivity contribution in [1.29, 1.82) is 0 Å². The fourth-order valence-electron chi connectivity index (χ4n) is 7.85. The van der Waals surface area contributed by atoms with Crippen molar-refractivity contribution in [1.82, 2.24) is 44.1 Å². The molecule has 0 fully saturated rings. The van der Waals surface area contributed by atoms with Gasteiger partial charge in [0.25, 0.3) is 0 Å². The zero-order chi connectivity index (χ0) is 60.3. The lowest BCUT2D eigenvalue weighted by Gasteiger charge is -2.33. The van der Waals surface area contributed by atoms with E-state index in [2.05, 4.69) is 0 Å². The maximum atomic E-state index is 14.4. The highest BCUT2D eigenvalue weighted by molar-refractivity contribution is 5.94. The van der Waals surface area contributed by atoms with Gasteiger partial charge >= 0.3 is 0 Å². The van der Waals surface area contributed by atoms with Crippen LogP contribution in [0.4, 0.5) is 0 Å². The van der Waals surface area contributed by atoms with Gasteiger partial charge in [-0.2, -0.15) is 0 Å². The molecule has 0 spiro atoms. The molecule has 0 aliphatic rings. The van der Waals surface area contributed by atoms with Gasteiger partial charge in [0.1, 0.15) is 5.78 Å². The van der Waals surface area contributed by atoms with Crippen LogP contribution >= 0.6 is 0 Å². The van der Waals surface area contributed by atoms with Gasteiger partial charge in [0, 0.05) is 101 Å². The number of nitrogens with two attached hydrogens (primary N) is 4. The predicted octanol–water partition coefficient (Wildman–Crippen LogP) is -3.76. The van der Waals surface area contributed by atoms with Gasteiger partial charge in [-0.1, -0.05) is 0 Å². The largest absolute Gasteiger partial charge is 0.383 e. The number of carbonyl (C=O) groups is 10. The summed E-state index contributed by atoms with van der Waals surface area (Å²) in [5.74, 6) is -5.25. The van der Waals surface area contributed by atoms with Gasteiger partial charge in [-0.25, -0.2) is 0 Å². The Morgan fingerprint density at radius 2 is 0.438 bits per heavy atom. The smallest absolute Gasteiger partial charge is 0.242 e. The summed E-state index contributed by atoms with van der Waals surface area (Å²) in [6.45, 7) is 0.978. The highest BCUT2D eigenvalue weighted by Gasteiger charge is 2.31. The maximum absolute atomic E-state index is 14.4. The first kappa shape index (κ1) is 74.5. The molecule has 28 heteroatoms. The zero-order valence-corrected chi connectivity index (χ0v) is 49.2. The first-order chi connectivity index (χ1) is 38.3. The van der Waals surface area contributed by atoms with Crippen molar-refractivity contribution in [3.8, 4) is 0 Å². The zero-order valence-electron chi connectivity index (χ0n) is 49.2. The molecule has 0 atom stereocenters. The van der Waals surface area contributed by atoms with E-state index in [1.54, 1.807) is 0 Å². The van der Waals surface area contributed by atoms with E-state index in [0.717, 1.165) is 0 Å². The number of nitrogens with zero attached hydrogens (tertiary/aromatic N) is 9. The van der Waals surface area contributed by atoms with Crippen molar-refractivity contribution in [2.24, 2.45) is 22.9 Å². The molecule has 0 aromatic carbocycles. The molecule has 0 saturated carbocycles. The molecule has 0 heterocycles. The van der Waals surface area contributed by atoms with Crippen LogP contribution in [-0.4, -0.2) is 316 Å². The first-order valence-electron chi connectivity index (χ1n) is 27.5. The van der Waals surface area contributed by atoms with Crippen molar-refractivity contribution in [2.75, 3.05) is 213 Å². The fraction of sp³-hybridized carbons (Fsp3) is 0.808. The van der Waals surface area contributed by atoms with E-state index < -0.39 is 86.5 Å². The summed E-state index contributed by atoms with van der Waals surface area (Å²) >= 11 is 0. The molecule has 9 amide bonds. The molecular formula is C52H99N13O15. The van der Waals surface area contributed by atoms with Crippen LogP contribution in [0.2, 0.25) is 0 Å². The van der Waals surface area contributed by atoms with Crippen LogP contribution in [0.25, 0.3) is 0 Å². The highest BCUT2D eigenvalue weighted by Crippen LogP contribution is 2.09. The highest BCUT2D eigenvalue weighted by atomic mass is 16.5. The Kier molecular flexibility index (Phi) is 43.0. The molecular weight excluding hydrogens is 1050 g/mol. The van der Waals surface area contributed by atoms with E-state index in [0.29, 0.717) is 77.5 Å². The third-order valence-corrected chi connectivity index (χ3v) is 12.6. The fourth-order valence-corrected chi connectivity index (χ4v) is 7.85. The van der Waals surface area contributed by atoms with E-state index in [4.69, 9.17) is 46.6 Å². The average molecular weight is 1150 g/mol. The van der Waals surface area contributed by atoms with Crippen molar-refractivity contribution in [3.05, 3.63) is 0 Å². The summed E-state index contributed by atoms with van der Waals surface area (Å²) in [7, 11) is 7.16. The average Bonchev–Trinajstić information content (AvgIpc) is 3.42. The topological polar surface area (TPSA) is 350 Å². The van der Waals surface area contributed by atoms with E-state index in [1.807, 2.05) is 0 Å². The minimum atomic E-state index is -0.659. The molecule has 0 saturated heterocycles. The third-order valence-electron chi connectivity index (χ3n) is 12.6. The Bertz CT molecular complexity index is 1840. The van der Waals surface area contributed by atoms with Crippen LogP contribution in [0.1, 0.15) is 65.2 Å². The number of methoxy groups -OCH3 is 5. The number of ketones is 1. The van der Waals surface area contributed by atoms with Gasteiger partial charge in [-0.3, -0.25) is 47.9 Å². The normalized spacial score (nSPS) is 10.9. The van der Waals surface area contributed by atoms with Crippen molar-refractivity contribution in [3.63, 3.8) is 0 Å². The summed E-state index contributed by atoms with van der Waals surface area (Å²) < 4.78 is 26.2. The molecule has 0 rings (SSSR count). The predicted molar refractivity (Wildman–Crippen MR) is 298 cm³/mol.